The molecule has 1 amide bonds. The number of hydrogen-bond acceptors (Lipinski definition) is 2. The maximum atomic E-state index is 12.9. The molecular formula is C18H18FN3O2. The summed E-state index contributed by atoms with van der Waals surface area (Å²) in [5.41, 5.74) is 3.21. The number of halogens is 1. The largest absolute Gasteiger partial charge is 0.352 e. The van der Waals surface area contributed by atoms with Crippen molar-refractivity contribution in [3.63, 3.8) is 0 Å². The normalized spacial score (nSPS) is 11.0. The van der Waals surface area contributed by atoms with Crippen molar-refractivity contribution >= 4 is 16.9 Å². The molecule has 0 aliphatic carbocycles. The van der Waals surface area contributed by atoms with Crippen LogP contribution in [0.3, 0.4) is 0 Å². The van der Waals surface area contributed by atoms with Gasteiger partial charge in [-0.25, -0.2) is 9.18 Å². The van der Waals surface area contributed by atoms with Crippen molar-refractivity contribution in [3.8, 4) is 0 Å². The molecule has 0 fully saturated rings. The van der Waals surface area contributed by atoms with Crippen LogP contribution in [0.4, 0.5) is 4.39 Å². The fraction of sp³-hybridized carbons (Fsp3) is 0.222. The molecule has 1 aromatic heterocycles. The molecule has 0 radical (unpaired) electrons. The van der Waals surface area contributed by atoms with Crippen molar-refractivity contribution < 1.29 is 9.18 Å². The lowest BCUT2D eigenvalue weighted by Gasteiger charge is -2.06. The average molecular weight is 327 g/mol. The Kier molecular flexibility index (Phi) is 4.20. The molecule has 24 heavy (non-hydrogen) atoms. The third-order valence-corrected chi connectivity index (χ3v) is 4.10. The first kappa shape index (κ1) is 16.0. The second-order valence-corrected chi connectivity index (χ2v) is 5.80. The summed E-state index contributed by atoms with van der Waals surface area (Å²) in [4.78, 5) is 24.0. The standard InChI is InChI=1S/C18H18FN3O2/c1-21-15-8-5-13(9-16(15)22(2)18(21)24)10-17(23)20-11-12-3-6-14(19)7-4-12/h3-9H,10-11H2,1-2H3,(H,20,23). The van der Waals surface area contributed by atoms with E-state index in [9.17, 15) is 14.0 Å². The van der Waals surface area contributed by atoms with E-state index in [0.29, 0.717) is 6.54 Å². The molecule has 2 aromatic carbocycles. The summed E-state index contributed by atoms with van der Waals surface area (Å²) in [6.45, 7) is 0.352. The van der Waals surface area contributed by atoms with Crippen LogP contribution in [0.5, 0.6) is 0 Å². The van der Waals surface area contributed by atoms with Gasteiger partial charge in [0.2, 0.25) is 5.91 Å². The minimum atomic E-state index is -0.299. The third kappa shape index (κ3) is 3.08. The highest BCUT2D eigenvalue weighted by molar-refractivity contribution is 5.82. The molecular weight excluding hydrogens is 309 g/mol. The molecule has 0 atom stereocenters. The topological polar surface area (TPSA) is 56.0 Å². The number of amides is 1. The van der Waals surface area contributed by atoms with Crippen LogP contribution in [0.1, 0.15) is 11.1 Å². The van der Waals surface area contributed by atoms with Crippen molar-refractivity contribution in [1.29, 1.82) is 0 Å². The van der Waals surface area contributed by atoms with Gasteiger partial charge in [0.05, 0.1) is 17.5 Å². The Bertz CT molecular complexity index is 955. The van der Waals surface area contributed by atoms with Crippen molar-refractivity contribution in [2.45, 2.75) is 13.0 Å². The molecule has 0 unspecified atom stereocenters. The summed E-state index contributed by atoms with van der Waals surface area (Å²) in [7, 11) is 3.43. The minimum Gasteiger partial charge on any atom is -0.352 e. The Morgan fingerprint density at radius 2 is 1.62 bits per heavy atom. The number of imidazole rings is 1. The smallest absolute Gasteiger partial charge is 0.328 e. The lowest BCUT2D eigenvalue weighted by atomic mass is 10.1. The van der Waals surface area contributed by atoms with Crippen LogP contribution in [-0.2, 0) is 31.9 Å². The van der Waals surface area contributed by atoms with Gasteiger partial charge >= 0.3 is 5.69 Å². The second kappa shape index (κ2) is 6.31. The van der Waals surface area contributed by atoms with Crippen molar-refractivity contribution in [2.24, 2.45) is 14.1 Å². The number of carbonyl (C=O) groups is 1. The number of carbonyl (C=O) groups excluding carboxylic acids is 1. The lowest BCUT2D eigenvalue weighted by molar-refractivity contribution is -0.120. The number of fused-ring (bicyclic) bond motifs is 1. The highest BCUT2D eigenvalue weighted by atomic mass is 19.1. The van der Waals surface area contributed by atoms with E-state index in [1.165, 1.54) is 12.1 Å². The quantitative estimate of drug-likeness (QED) is 0.795. The maximum absolute atomic E-state index is 12.9. The van der Waals surface area contributed by atoms with E-state index < -0.39 is 0 Å². The Morgan fingerprint density at radius 3 is 2.33 bits per heavy atom. The predicted octanol–water partition coefficient (Wildman–Crippen LogP) is 1.87. The van der Waals surface area contributed by atoms with Crippen LogP contribution in [0.25, 0.3) is 11.0 Å². The van der Waals surface area contributed by atoms with Crippen molar-refractivity contribution in [1.82, 2.24) is 14.5 Å². The van der Waals surface area contributed by atoms with E-state index in [1.54, 1.807) is 35.4 Å². The van der Waals surface area contributed by atoms with Crippen LogP contribution in [0, 0.1) is 5.82 Å². The molecule has 5 nitrogen and oxygen atoms in total. The molecule has 6 heteroatoms. The molecule has 0 saturated carbocycles. The van der Waals surface area contributed by atoms with Crippen molar-refractivity contribution in [2.75, 3.05) is 0 Å². The van der Waals surface area contributed by atoms with Gasteiger partial charge in [0.25, 0.3) is 0 Å². The van der Waals surface area contributed by atoms with E-state index in [2.05, 4.69) is 5.32 Å². The number of nitrogens with zero attached hydrogens (tertiary/aromatic N) is 2. The highest BCUT2D eigenvalue weighted by Gasteiger charge is 2.10. The van der Waals surface area contributed by atoms with E-state index in [4.69, 9.17) is 0 Å². The Balaban J connectivity index is 1.70. The van der Waals surface area contributed by atoms with Crippen LogP contribution < -0.4 is 11.0 Å². The van der Waals surface area contributed by atoms with E-state index in [-0.39, 0.29) is 23.8 Å². The first-order chi connectivity index (χ1) is 11.5. The summed E-state index contributed by atoms with van der Waals surface area (Å²) in [6, 6.07) is 11.6. The predicted molar refractivity (Wildman–Crippen MR) is 90.1 cm³/mol. The Labute approximate surface area is 138 Å². The number of aryl methyl sites for hydroxylation is 2. The minimum absolute atomic E-state index is 0.0945. The van der Waals surface area contributed by atoms with Gasteiger partial charge in [-0.2, -0.15) is 0 Å². The number of aromatic nitrogens is 2. The van der Waals surface area contributed by atoms with Gasteiger partial charge in [-0.1, -0.05) is 18.2 Å². The highest BCUT2D eigenvalue weighted by Crippen LogP contribution is 2.14. The molecule has 3 aromatic rings. The van der Waals surface area contributed by atoms with Gasteiger partial charge in [0.1, 0.15) is 5.82 Å². The lowest BCUT2D eigenvalue weighted by Crippen LogP contribution is -2.24. The van der Waals surface area contributed by atoms with Gasteiger partial charge < -0.3 is 5.32 Å². The van der Waals surface area contributed by atoms with Crippen LogP contribution in [-0.4, -0.2) is 15.0 Å². The molecule has 0 aliphatic heterocycles. The molecule has 124 valence electrons. The molecule has 0 saturated heterocycles. The summed E-state index contributed by atoms with van der Waals surface area (Å²) >= 11 is 0. The molecule has 1 heterocycles. The number of hydrogen-bond donors (Lipinski definition) is 1. The van der Waals surface area contributed by atoms with Gasteiger partial charge in [0, 0.05) is 20.6 Å². The van der Waals surface area contributed by atoms with Gasteiger partial charge in [-0.05, 0) is 35.4 Å². The summed E-state index contributed by atoms with van der Waals surface area (Å²) in [5.74, 6) is -0.425. The first-order valence-electron chi connectivity index (χ1n) is 7.61. The van der Waals surface area contributed by atoms with E-state index in [1.807, 2.05) is 18.2 Å². The van der Waals surface area contributed by atoms with Gasteiger partial charge in [-0.15, -0.1) is 0 Å². The Morgan fingerprint density at radius 1 is 1.00 bits per heavy atom. The Hall–Kier alpha value is -2.89. The maximum Gasteiger partial charge on any atom is 0.328 e. The van der Waals surface area contributed by atoms with Gasteiger partial charge in [0.15, 0.2) is 0 Å². The fourth-order valence-corrected chi connectivity index (χ4v) is 2.71. The number of nitrogens with one attached hydrogen (secondary N) is 1. The second-order valence-electron chi connectivity index (χ2n) is 5.80. The van der Waals surface area contributed by atoms with Crippen LogP contribution in [0.2, 0.25) is 0 Å². The monoisotopic (exact) mass is 327 g/mol. The van der Waals surface area contributed by atoms with E-state index in [0.717, 1.165) is 22.2 Å². The van der Waals surface area contributed by atoms with Crippen molar-refractivity contribution in [3.05, 3.63) is 69.9 Å². The van der Waals surface area contributed by atoms with Crippen LogP contribution >= 0.6 is 0 Å². The first-order valence-corrected chi connectivity index (χ1v) is 7.61. The molecule has 1 N–H and O–H groups in total. The fourth-order valence-electron chi connectivity index (χ4n) is 2.71. The average Bonchev–Trinajstić information content (AvgIpc) is 2.79. The zero-order valence-corrected chi connectivity index (χ0v) is 13.5. The molecule has 0 bridgehead atoms. The third-order valence-electron chi connectivity index (χ3n) is 4.10. The summed E-state index contributed by atoms with van der Waals surface area (Å²) < 4.78 is 16.0. The SMILES string of the molecule is Cn1c(=O)n(C)c2cc(CC(=O)NCc3ccc(F)cc3)ccc21. The molecule has 0 aliphatic rings. The number of rotatable bonds is 4. The summed E-state index contributed by atoms with van der Waals surface area (Å²) in [6.07, 6.45) is 0.222. The molecule has 3 rings (SSSR count). The number of benzene rings is 2. The summed E-state index contributed by atoms with van der Waals surface area (Å²) in [5, 5.41) is 2.81. The van der Waals surface area contributed by atoms with Gasteiger partial charge in [-0.3, -0.25) is 13.9 Å². The van der Waals surface area contributed by atoms with Crippen LogP contribution in [0.15, 0.2) is 47.3 Å². The molecule has 0 spiro atoms. The zero-order chi connectivity index (χ0) is 17.3. The van der Waals surface area contributed by atoms with E-state index >= 15 is 0 Å². The zero-order valence-electron chi connectivity index (χ0n) is 13.5.